The monoisotopic (exact) mass is 380 g/mol. The van der Waals surface area contributed by atoms with Crippen LogP contribution in [0.15, 0.2) is 53.6 Å². The number of para-hydroxylation sites is 1. The third-order valence-electron chi connectivity index (χ3n) is 4.00. The van der Waals surface area contributed by atoms with Gasteiger partial charge in [-0.2, -0.15) is 5.10 Å². The van der Waals surface area contributed by atoms with Crippen LogP contribution in [0.25, 0.3) is 5.69 Å². The van der Waals surface area contributed by atoms with Crippen LogP contribution < -0.4 is 5.43 Å². The van der Waals surface area contributed by atoms with Crippen molar-refractivity contribution < 1.29 is 14.8 Å². The largest absolute Gasteiger partial charge is 0.507 e. The van der Waals surface area contributed by atoms with Crippen LogP contribution in [0.4, 0.5) is 5.69 Å². The highest BCUT2D eigenvalue weighted by Gasteiger charge is 2.16. The van der Waals surface area contributed by atoms with E-state index in [4.69, 9.17) is 0 Å². The number of carbonyl (C=O) groups excluding carboxylic acids is 1. The number of amides is 1. The Balaban J connectivity index is 1.84. The zero-order chi connectivity index (χ0) is 20.3. The smallest absolute Gasteiger partial charge is 0.275 e. The summed E-state index contributed by atoms with van der Waals surface area (Å²) < 4.78 is 1.45. The van der Waals surface area contributed by atoms with Crippen LogP contribution in [0.1, 0.15) is 28.7 Å². The first kappa shape index (κ1) is 18.7. The molecule has 10 nitrogen and oxygen atoms in total. The number of phenolic OH excluding ortho intramolecular Hbond substituents is 1. The molecule has 0 bridgehead atoms. The molecule has 0 radical (unpaired) electrons. The molecule has 0 spiro atoms. The molecule has 2 aromatic carbocycles. The number of hydrazone groups is 1. The normalized spacial score (nSPS) is 11.3. The van der Waals surface area contributed by atoms with Gasteiger partial charge in [0.15, 0.2) is 0 Å². The number of hydrogen-bond acceptors (Lipinski definition) is 7. The predicted molar refractivity (Wildman–Crippen MR) is 101 cm³/mol. The minimum absolute atomic E-state index is 0.0609. The number of rotatable bonds is 5. The molecular weight excluding hydrogens is 364 g/mol. The van der Waals surface area contributed by atoms with E-state index in [9.17, 15) is 20.0 Å². The second-order valence-electron chi connectivity index (χ2n) is 5.87. The molecule has 0 saturated heterocycles. The van der Waals surface area contributed by atoms with E-state index in [-0.39, 0.29) is 17.0 Å². The summed E-state index contributed by atoms with van der Waals surface area (Å²) in [6.07, 6.45) is 0. The Morgan fingerprint density at radius 3 is 2.71 bits per heavy atom. The lowest BCUT2D eigenvalue weighted by atomic mass is 10.2. The van der Waals surface area contributed by atoms with Crippen LogP contribution in [0.5, 0.6) is 5.75 Å². The third kappa shape index (κ3) is 3.70. The predicted octanol–water partition coefficient (Wildman–Crippen LogP) is 2.34. The third-order valence-corrected chi connectivity index (χ3v) is 4.00. The molecule has 3 aromatic rings. The van der Waals surface area contributed by atoms with Crippen molar-refractivity contribution in [3.63, 3.8) is 0 Å². The van der Waals surface area contributed by atoms with Crippen LogP contribution in [0.3, 0.4) is 0 Å². The van der Waals surface area contributed by atoms with Gasteiger partial charge in [0.05, 0.1) is 27.6 Å². The number of nitrogens with zero attached hydrogens (tertiary/aromatic N) is 5. The molecule has 2 N–H and O–H groups in total. The lowest BCUT2D eigenvalue weighted by Gasteiger charge is -2.05. The van der Waals surface area contributed by atoms with Gasteiger partial charge in [0.2, 0.25) is 0 Å². The van der Waals surface area contributed by atoms with Gasteiger partial charge in [-0.05, 0) is 32.0 Å². The van der Waals surface area contributed by atoms with E-state index in [1.54, 1.807) is 38.1 Å². The van der Waals surface area contributed by atoms with E-state index in [0.29, 0.717) is 22.8 Å². The van der Waals surface area contributed by atoms with Crippen molar-refractivity contribution in [1.82, 2.24) is 20.4 Å². The zero-order valence-electron chi connectivity index (χ0n) is 15.0. The van der Waals surface area contributed by atoms with Crippen LogP contribution in [-0.4, -0.2) is 36.6 Å². The van der Waals surface area contributed by atoms with Crippen molar-refractivity contribution in [3.8, 4) is 11.4 Å². The van der Waals surface area contributed by atoms with Crippen molar-refractivity contribution in [1.29, 1.82) is 0 Å². The van der Waals surface area contributed by atoms with Crippen molar-refractivity contribution in [2.45, 2.75) is 13.8 Å². The summed E-state index contributed by atoms with van der Waals surface area (Å²) in [5.74, 6) is -0.721. The maximum atomic E-state index is 12.1. The Bertz CT molecular complexity index is 1090. The maximum absolute atomic E-state index is 12.1. The van der Waals surface area contributed by atoms with Gasteiger partial charge in [-0.25, -0.2) is 10.1 Å². The number of nitro groups is 1. The van der Waals surface area contributed by atoms with Crippen LogP contribution in [-0.2, 0) is 0 Å². The molecule has 0 aliphatic rings. The van der Waals surface area contributed by atoms with E-state index >= 15 is 0 Å². The molecule has 0 aliphatic heterocycles. The Hall–Kier alpha value is -4.08. The highest BCUT2D eigenvalue weighted by atomic mass is 16.6. The molecule has 0 atom stereocenters. The summed E-state index contributed by atoms with van der Waals surface area (Å²) in [4.78, 5) is 22.6. The van der Waals surface area contributed by atoms with Gasteiger partial charge in [0.25, 0.3) is 11.6 Å². The summed E-state index contributed by atoms with van der Waals surface area (Å²) >= 11 is 0. The van der Waals surface area contributed by atoms with E-state index in [2.05, 4.69) is 20.8 Å². The van der Waals surface area contributed by atoms with Gasteiger partial charge in [-0.1, -0.05) is 23.4 Å². The number of aromatic hydroxyl groups is 1. The van der Waals surface area contributed by atoms with Crippen LogP contribution in [0, 0.1) is 17.0 Å². The molecule has 10 heteroatoms. The molecule has 0 fully saturated rings. The second kappa shape index (κ2) is 7.66. The number of phenols is 1. The van der Waals surface area contributed by atoms with Crippen LogP contribution >= 0.6 is 0 Å². The number of aromatic nitrogens is 3. The topological polar surface area (TPSA) is 136 Å². The highest BCUT2D eigenvalue weighted by Crippen LogP contribution is 2.19. The second-order valence-corrected chi connectivity index (χ2v) is 5.87. The minimum atomic E-state index is -0.568. The first-order valence-corrected chi connectivity index (χ1v) is 8.18. The number of hydrogen-bond donors (Lipinski definition) is 2. The summed E-state index contributed by atoms with van der Waals surface area (Å²) in [6, 6.07) is 12.1. The Morgan fingerprint density at radius 1 is 1.25 bits per heavy atom. The van der Waals surface area contributed by atoms with Gasteiger partial charge in [0.1, 0.15) is 11.4 Å². The fraction of sp³-hybridized carbons (Fsp3) is 0.111. The van der Waals surface area contributed by atoms with Gasteiger partial charge in [-0.3, -0.25) is 14.9 Å². The SMILES string of the molecule is C/C(=N/NC(=O)c1ccccc1O)c1nnn(-c2cccc([N+](=O)[O-])c2)c1C. The minimum Gasteiger partial charge on any atom is -0.507 e. The first-order chi connectivity index (χ1) is 13.4. The van der Waals surface area contributed by atoms with Crippen molar-refractivity contribution in [2.24, 2.45) is 5.10 Å². The molecule has 142 valence electrons. The Labute approximate surface area is 159 Å². The molecular formula is C18H16N6O4. The summed E-state index contributed by atoms with van der Waals surface area (Å²) in [5, 5.41) is 32.7. The molecule has 0 saturated carbocycles. The highest BCUT2D eigenvalue weighted by molar-refractivity contribution is 6.01. The number of carbonyl (C=O) groups is 1. The van der Waals surface area contributed by atoms with E-state index in [1.807, 2.05) is 0 Å². The number of nitro benzene ring substituents is 1. The van der Waals surface area contributed by atoms with Crippen molar-refractivity contribution in [2.75, 3.05) is 0 Å². The summed E-state index contributed by atoms with van der Waals surface area (Å²) in [7, 11) is 0. The summed E-state index contributed by atoms with van der Waals surface area (Å²) in [5.41, 5.74) is 4.28. The maximum Gasteiger partial charge on any atom is 0.275 e. The quantitative estimate of drug-likeness (QED) is 0.396. The van der Waals surface area contributed by atoms with Gasteiger partial charge in [0, 0.05) is 12.1 Å². The number of non-ortho nitro benzene ring substituents is 1. The van der Waals surface area contributed by atoms with Crippen molar-refractivity contribution in [3.05, 3.63) is 75.6 Å². The Morgan fingerprint density at radius 2 is 2.00 bits per heavy atom. The Kier molecular flexibility index (Phi) is 5.12. The molecule has 1 amide bonds. The zero-order valence-corrected chi connectivity index (χ0v) is 15.0. The van der Waals surface area contributed by atoms with Gasteiger partial charge < -0.3 is 5.11 Å². The fourth-order valence-electron chi connectivity index (χ4n) is 2.56. The molecule has 0 aliphatic carbocycles. The average molecular weight is 380 g/mol. The van der Waals surface area contributed by atoms with Gasteiger partial charge in [-0.15, -0.1) is 5.10 Å². The number of nitrogens with one attached hydrogen (secondary N) is 1. The molecule has 0 unspecified atom stereocenters. The number of benzene rings is 2. The molecule has 28 heavy (non-hydrogen) atoms. The lowest BCUT2D eigenvalue weighted by molar-refractivity contribution is -0.384. The van der Waals surface area contributed by atoms with Crippen molar-refractivity contribution >= 4 is 17.3 Å². The molecule has 1 aromatic heterocycles. The standard InChI is InChI=1S/C18H16N6O4/c1-11(19-21-18(26)15-8-3-4-9-16(15)25)17-12(2)23(22-20-17)13-6-5-7-14(10-13)24(27)28/h3-10,25H,1-2H3,(H,21,26)/b19-11-. The molecule has 3 rings (SSSR count). The summed E-state index contributed by atoms with van der Waals surface area (Å²) in [6.45, 7) is 3.37. The molecule has 1 heterocycles. The average Bonchev–Trinajstić information content (AvgIpc) is 3.07. The van der Waals surface area contributed by atoms with Gasteiger partial charge >= 0.3 is 0 Å². The van der Waals surface area contributed by atoms with E-state index < -0.39 is 10.8 Å². The van der Waals surface area contributed by atoms with Crippen LogP contribution in [0.2, 0.25) is 0 Å². The lowest BCUT2D eigenvalue weighted by Crippen LogP contribution is -2.19. The van der Waals surface area contributed by atoms with E-state index in [1.165, 1.54) is 28.9 Å². The fourth-order valence-corrected chi connectivity index (χ4v) is 2.56. The first-order valence-electron chi connectivity index (χ1n) is 8.18. The van der Waals surface area contributed by atoms with E-state index in [0.717, 1.165) is 0 Å².